The zero-order valence-corrected chi connectivity index (χ0v) is 12.8. The van der Waals surface area contributed by atoms with Gasteiger partial charge >= 0.3 is 0 Å². The Kier molecular flexibility index (Phi) is 4.75. The van der Waals surface area contributed by atoms with Crippen molar-refractivity contribution in [1.82, 2.24) is 0 Å². The van der Waals surface area contributed by atoms with Crippen LogP contribution in [0.5, 0.6) is 0 Å². The van der Waals surface area contributed by atoms with Gasteiger partial charge in [-0.15, -0.1) is 17.9 Å². The number of anilines is 2. The number of rotatable bonds is 6. The lowest BCUT2D eigenvalue weighted by molar-refractivity contribution is 0.0944. The second-order valence-corrected chi connectivity index (χ2v) is 7.44. The third kappa shape index (κ3) is 3.36. The van der Waals surface area contributed by atoms with E-state index in [0.29, 0.717) is 16.4 Å². The Morgan fingerprint density at radius 1 is 1.53 bits per heavy atom. The van der Waals surface area contributed by atoms with E-state index in [0.717, 1.165) is 17.6 Å². The number of ketones is 1. The summed E-state index contributed by atoms with van der Waals surface area (Å²) < 4.78 is 23.6. The van der Waals surface area contributed by atoms with Crippen LogP contribution in [0.4, 0.5) is 10.7 Å². The van der Waals surface area contributed by atoms with Crippen LogP contribution in [0.1, 0.15) is 23.5 Å². The smallest absolute Gasteiger partial charge is 0.180 e. The Morgan fingerprint density at radius 2 is 2.11 bits per heavy atom. The maximum Gasteiger partial charge on any atom is 0.180 e. The largest absolute Gasteiger partial charge is 0.396 e. The van der Waals surface area contributed by atoms with Gasteiger partial charge in [0.25, 0.3) is 0 Å². The minimum Gasteiger partial charge on any atom is -0.396 e. The number of hydrogen-bond acceptors (Lipinski definition) is 6. The SMILES string of the molecule is C=CCNc1sc(C(=O)C(C)C)c(N)c1S(C)(=O)=O. The van der Waals surface area contributed by atoms with E-state index >= 15 is 0 Å². The molecular formula is C12H18N2O3S2. The molecule has 0 aliphatic heterocycles. The summed E-state index contributed by atoms with van der Waals surface area (Å²) in [5.74, 6) is -0.389. The van der Waals surface area contributed by atoms with Gasteiger partial charge in [0.05, 0.1) is 10.6 Å². The van der Waals surface area contributed by atoms with E-state index in [4.69, 9.17) is 5.73 Å². The molecule has 0 spiro atoms. The van der Waals surface area contributed by atoms with Crippen LogP contribution < -0.4 is 11.1 Å². The topological polar surface area (TPSA) is 89.3 Å². The number of sulfone groups is 1. The predicted octanol–water partition coefficient (Wildman–Crippen LogP) is 2.17. The molecule has 19 heavy (non-hydrogen) atoms. The first-order valence-corrected chi connectivity index (χ1v) is 8.42. The predicted molar refractivity (Wildman–Crippen MR) is 79.7 cm³/mol. The number of carbonyl (C=O) groups excluding carboxylic acids is 1. The maximum absolute atomic E-state index is 12.0. The lowest BCUT2D eigenvalue weighted by Gasteiger charge is -2.04. The van der Waals surface area contributed by atoms with Gasteiger partial charge in [-0.1, -0.05) is 19.9 Å². The molecule has 7 heteroatoms. The van der Waals surface area contributed by atoms with Gasteiger partial charge < -0.3 is 11.1 Å². The Labute approximate surface area is 117 Å². The van der Waals surface area contributed by atoms with Crippen molar-refractivity contribution >= 4 is 37.6 Å². The van der Waals surface area contributed by atoms with Crippen LogP contribution in [0.2, 0.25) is 0 Å². The van der Waals surface area contributed by atoms with Gasteiger partial charge in [0, 0.05) is 18.7 Å². The quantitative estimate of drug-likeness (QED) is 0.621. The van der Waals surface area contributed by atoms with Crippen molar-refractivity contribution in [3.05, 3.63) is 17.5 Å². The minimum atomic E-state index is -3.50. The van der Waals surface area contributed by atoms with Crippen molar-refractivity contribution in [2.45, 2.75) is 18.7 Å². The molecule has 0 atom stereocenters. The monoisotopic (exact) mass is 302 g/mol. The van der Waals surface area contributed by atoms with Gasteiger partial charge in [-0.25, -0.2) is 8.42 Å². The van der Waals surface area contributed by atoms with E-state index in [2.05, 4.69) is 11.9 Å². The molecule has 0 fully saturated rings. The third-order valence-corrected chi connectivity index (χ3v) is 4.90. The fourth-order valence-electron chi connectivity index (χ4n) is 1.52. The number of Topliss-reactive ketones (excluding diaryl/α,β-unsaturated/α-hetero) is 1. The van der Waals surface area contributed by atoms with Gasteiger partial charge in [-0.05, 0) is 0 Å². The van der Waals surface area contributed by atoms with Crippen molar-refractivity contribution in [2.24, 2.45) is 5.92 Å². The fourth-order valence-corrected chi connectivity index (χ4v) is 4.19. The number of nitrogens with two attached hydrogens (primary N) is 1. The second kappa shape index (κ2) is 5.75. The molecule has 0 amide bonds. The van der Waals surface area contributed by atoms with E-state index in [1.54, 1.807) is 19.9 Å². The van der Waals surface area contributed by atoms with E-state index in [-0.39, 0.29) is 22.3 Å². The van der Waals surface area contributed by atoms with Crippen LogP contribution in [-0.2, 0) is 9.84 Å². The van der Waals surface area contributed by atoms with E-state index in [1.807, 2.05) is 0 Å². The number of hydrogen-bond donors (Lipinski definition) is 2. The van der Waals surface area contributed by atoms with Crippen molar-refractivity contribution < 1.29 is 13.2 Å². The van der Waals surface area contributed by atoms with Crippen molar-refractivity contribution in [2.75, 3.05) is 23.9 Å². The van der Waals surface area contributed by atoms with Gasteiger partial charge in [0.2, 0.25) is 0 Å². The first-order chi connectivity index (χ1) is 8.70. The Hall–Kier alpha value is -1.34. The molecule has 1 aromatic heterocycles. The van der Waals surface area contributed by atoms with E-state index < -0.39 is 9.84 Å². The average Bonchev–Trinajstić information content (AvgIpc) is 2.61. The molecule has 0 aromatic carbocycles. The Bertz CT molecular complexity index is 601. The van der Waals surface area contributed by atoms with Crippen LogP contribution >= 0.6 is 11.3 Å². The highest BCUT2D eigenvalue weighted by Crippen LogP contribution is 2.40. The molecular weight excluding hydrogens is 284 g/mol. The van der Waals surface area contributed by atoms with E-state index in [9.17, 15) is 13.2 Å². The third-order valence-electron chi connectivity index (χ3n) is 2.43. The van der Waals surface area contributed by atoms with Gasteiger partial charge in [-0.2, -0.15) is 0 Å². The van der Waals surface area contributed by atoms with Crippen molar-refractivity contribution in [1.29, 1.82) is 0 Å². The second-order valence-electron chi connectivity index (χ2n) is 4.46. The molecule has 1 rings (SSSR count). The van der Waals surface area contributed by atoms with Crippen LogP contribution in [0.3, 0.4) is 0 Å². The van der Waals surface area contributed by atoms with Gasteiger partial charge in [0.15, 0.2) is 15.6 Å². The summed E-state index contributed by atoms with van der Waals surface area (Å²) >= 11 is 1.08. The molecule has 1 aromatic rings. The van der Waals surface area contributed by atoms with Crippen LogP contribution in [-0.4, -0.2) is 27.0 Å². The number of nitrogens with one attached hydrogen (secondary N) is 1. The zero-order valence-electron chi connectivity index (χ0n) is 11.2. The zero-order chi connectivity index (χ0) is 14.8. The molecule has 0 saturated carbocycles. The molecule has 5 nitrogen and oxygen atoms in total. The first-order valence-electron chi connectivity index (χ1n) is 5.71. The first kappa shape index (κ1) is 15.7. The summed E-state index contributed by atoms with van der Waals surface area (Å²) in [6, 6.07) is 0. The summed E-state index contributed by atoms with van der Waals surface area (Å²) in [5, 5.41) is 3.31. The standard InChI is InChI=1S/C12H18N2O3S2/c1-5-6-14-12-11(19(4,16)17)8(13)10(18-12)9(15)7(2)3/h5,7,14H,1,6,13H2,2-4H3. The fraction of sp³-hybridized carbons (Fsp3) is 0.417. The lowest BCUT2D eigenvalue weighted by atomic mass is 10.1. The molecule has 0 aliphatic rings. The molecule has 106 valence electrons. The summed E-state index contributed by atoms with van der Waals surface area (Å²) in [6.07, 6.45) is 2.68. The summed E-state index contributed by atoms with van der Waals surface area (Å²) in [5.41, 5.74) is 5.88. The minimum absolute atomic E-state index is 0.00310. The molecule has 0 saturated heterocycles. The molecule has 1 heterocycles. The highest BCUT2D eigenvalue weighted by molar-refractivity contribution is 7.91. The molecule has 0 unspecified atom stereocenters. The van der Waals surface area contributed by atoms with Crippen molar-refractivity contribution in [3.63, 3.8) is 0 Å². The normalized spacial score (nSPS) is 11.6. The van der Waals surface area contributed by atoms with Crippen LogP contribution in [0.25, 0.3) is 0 Å². The highest BCUT2D eigenvalue weighted by atomic mass is 32.2. The molecule has 0 aliphatic carbocycles. The average molecular weight is 302 g/mol. The maximum atomic E-state index is 12.0. The molecule has 3 N–H and O–H groups in total. The lowest BCUT2D eigenvalue weighted by Crippen LogP contribution is -2.09. The van der Waals surface area contributed by atoms with Crippen LogP contribution in [0, 0.1) is 5.92 Å². The Morgan fingerprint density at radius 3 is 2.53 bits per heavy atom. The molecule has 0 bridgehead atoms. The van der Waals surface area contributed by atoms with Gasteiger partial charge in [0.1, 0.15) is 9.90 Å². The van der Waals surface area contributed by atoms with Crippen molar-refractivity contribution in [3.8, 4) is 0 Å². The highest BCUT2D eigenvalue weighted by Gasteiger charge is 2.27. The number of thiophene rings is 1. The summed E-state index contributed by atoms with van der Waals surface area (Å²) in [6.45, 7) is 7.45. The van der Waals surface area contributed by atoms with Crippen LogP contribution in [0.15, 0.2) is 17.6 Å². The summed E-state index contributed by atoms with van der Waals surface area (Å²) in [7, 11) is -3.50. The number of nitrogen functional groups attached to an aromatic ring is 1. The van der Waals surface area contributed by atoms with E-state index in [1.165, 1.54) is 0 Å². The summed E-state index contributed by atoms with van der Waals surface area (Å²) in [4.78, 5) is 12.3. The number of carbonyl (C=O) groups is 1. The van der Waals surface area contributed by atoms with Gasteiger partial charge in [-0.3, -0.25) is 4.79 Å². The molecule has 0 radical (unpaired) electrons. The Balaban J connectivity index is 3.43.